The van der Waals surface area contributed by atoms with E-state index in [2.05, 4.69) is 43.1 Å². The van der Waals surface area contributed by atoms with Crippen molar-refractivity contribution in [3.05, 3.63) is 34.8 Å². The highest BCUT2D eigenvalue weighted by molar-refractivity contribution is 7.13. The minimum absolute atomic E-state index is 0.188. The predicted octanol–water partition coefficient (Wildman–Crippen LogP) is 4.76. The summed E-state index contributed by atoms with van der Waals surface area (Å²) < 4.78 is 5.65. The smallest absolute Gasteiger partial charge is 0.299 e. The molecular formula is C14H17ClN2OS. The first kappa shape index (κ1) is 14.3. The topological polar surface area (TPSA) is 35.0 Å². The van der Waals surface area contributed by atoms with E-state index in [0.29, 0.717) is 11.1 Å². The number of nitrogens with zero attached hydrogens (tertiary/aromatic N) is 2. The SMILES string of the molecule is CCC(C)(C)c1ccc(Oc2nnc(CCl)s2)cc1. The van der Waals surface area contributed by atoms with Crippen LogP contribution in [0.4, 0.5) is 0 Å². The van der Waals surface area contributed by atoms with E-state index in [1.54, 1.807) is 0 Å². The van der Waals surface area contributed by atoms with Crippen LogP contribution >= 0.6 is 22.9 Å². The zero-order valence-corrected chi connectivity index (χ0v) is 12.9. The van der Waals surface area contributed by atoms with Crippen LogP contribution in [-0.4, -0.2) is 10.2 Å². The van der Waals surface area contributed by atoms with Gasteiger partial charge in [0, 0.05) is 0 Å². The zero-order chi connectivity index (χ0) is 13.9. The summed E-state index contributed by atoms with van der Waals surface area (Å²) in [5.74, 6) is 1.14. The molecule has 3 nitrogen and oxygen atoms in total. The van der Waals surface area contributed by atoms with Crippen molar-refractivity contribution >= 4 is 22.9 Å². The highest BCUT2D eigenvalue weighted by Crippen LogP contribution is 2.30. The lowest BCUT2D eigenvalue weighted by Gasteiger charge is -2.23. The highest BCUT2D eigenvalue weighted by Gasteiger charge is 2.17. The van der Waals surface area contributed by atoms with E-state index in [0.717, 1.165) is 17.2 Å². The van der Waals surface area contributed by atoms with Crippen LogP contribution in [-0.2, 0) is 11.3 Å². The summed E-state index contributed by atoms with van der Waals surface area (Å²) in [6.45, 7) is 6.67. The fourth-order valence-corrected chi connectivity index (χ4v) is 2.39. The van der Waals surface area contributed by atoms with Gasteiger partial charge in [-0.3, -0.25) is 0 Å². The quantitative estimate of drug-likeness (QED) is 0.746. The van der Waals surface area contributed by atoms with Crippen molar-refractivity contribution in [3.8, 4) is 10.9 Å². The van der Waals surface area contributed by atoms with Gasteiger partial charge in [-0.25, -0.2) is 0 Å². The first-order chi connectivity index (χ1) is 9.05. The van der Waals surface area contributed by atoms with E-state index >= 15 is 0 Å². The fourth-order valence-electron chi connectivity index (χ4n) is 1.61. The number of hydrogen-bond donors (Lipinski definition) is 0. The van der Waals surface area contributed by atoms with Crippen molar-refractivity contribution in [2.75, 3.05) is 0 Å². The molecule has 102 valence electrons. The van der Waals surface area contributed by atoms with E-state index in [-0.39, 0.29) is 5.41 Å². The molecule has 0 atom stereocenters. The number of halogens is 1. The van der Waals surface area contributed by atoms with Crippen molar-refractivity contribution < 1.29 is 4.74 Å². The summed E-state index contributed by atoms with van der Waals surface area (Å²) >= 11 is 7.05. The second kappa shape index (κ2) is 5.88. The molecule has 5 heteroatoms. The Morgan fingerprint density at radius 1 is 1.21 bits per heavy atom. The Hall–Kier alpha value is -1.13. The van der Waals surface area contributed by atoms with Crippen LogP contribution < -0.4 is 4.74 Å². The Bertz CT molecular complexity index is 537. The molecule has 19 heavy (non-hydrogen) atoms. The lowest BCUT2D eigenvalue weighted by atomic mass is 9.82. The maximum absolute atomic E-state index is 5.68. The second-order valence-electron chi connectivity index (χ2n) is 4.96. The van der Waals surface area contributed by atoms with E-state index in [4.69, 9.17) is 16.3 Å². The maximum atomic E-state index is 5.68. The van der Waals surface area contributed by atoms with Gasteiger partial charge in [0.2, 0.25) is 0 Å². The number of alkyl halides is 1. The normalized spacial score (nSPS) is 11.6. The van der Waals surface area contributed by atoms with Crippen LogP contribution in [0.3, 0.4) is 0 Å². The Labute approximate surface area is 122 Å². The predicted molar refractivity (Wildman–Crippen MR) is 79.3 cm³/mol. The second-order valence-corrected chi connectivity index (χ2v) is 6.25. The molecule has 2 aromatic rings. The minimum Gasteiger partial charge on any atom is -0.430 e. The summed E-state index contributed by atoms with van der Waals surface area (Å²) in [7, 11) is 0. The van der Waals surface area contributed by atoms with Gasteiger partial charge in [-0.1, -0.05) is 49.3 Å². The van der Waals surface area contributed by atoms with Crippen molar-refractivity contribution in [1.82, 2.24) is 10.2 Å². The molecule has 0 aliphatic rings. The van der Waals surface area contributed by atoms with Gasteiger partial charge in [-0.15, -0.1) is 16.7 Å². The lowest BCUT2D eigenvalue weighted by Crippen LogP contribution is -2.14. The summed E-state index contributed by atoms with van der Waals surface area (Å²) in [6.07, 6.45) is 1.10. The third kappa shape index (κ3) is 3.45. The van der Waals surface area contributed by atoms with Gasteiger partial charge in [0.15, 0.2) is 0 Å². The molecule has 0 aliphatic carbocycles. The average Bonchev–Trinajstić information content (AvgIpc) is 2.87. The van der Waals surface area contributed by atoms with Gasteiger partial charge in [0.1, 0.15) is 10.8 Å². The fraction of sp³-hybridized carbons (Fsp3) is 0.429. The number of aromatic nitrogens is 2. The molecule has 1 heterocycles. The van der Waals surface area contributed by atoms with Crippen LogP contribution in [0.5, 0.6) is 10.9 Å². The number of hydrogen-bond acceptors (Lipinski definition) is 4. The molecule has 0 unspecified atom stereocenters. The Kier molecular flexibility index (Phi) is 4.42. The Morgan fingerprint density at radius 3 is 2.42 bits per heavy atom. The monoisotopic (exact) mass is 296 g/mol. The minimum atomic E-state index is 0.188. The van der Waals surface area contributed by atoms with Crippen molar-refractivity contribution in [2.24, 2.45) is 0 Å². The van der Waals surface area contributed by atoms with E-state index < -0.39 is 0 Å². The molecule has 0 N–H and O–H groups in total. The third-order valence-electron chi connectivity index (χ3n) is 3.29. The number of ether oxygens (including phenoxy) is 1. The van der Waals surface area contributed by atoms with Crippen LogP contribution in [0, 0.1) is 0 Å². The number of rotatable bonds is 5. The van der Waals surface area contributed by atoms with Crippen LogP contribution in [0.15, 0.2) is 24.3 Å². The molecule has 0 bridgehead atoms. The summed E-state index contributed by atoms with van der Waals surface area (Å²) in [5.41, 5.74) is 1.49. The van der Waals surface area contributed by atoms with Gasteiger partial charge < -0.3 is 4.74 Å². The molecule has 2 rings (SSSR count). The van der Waals surface area contributed by atoms with Gasteiger partial charge in [-0.2, -0.15) is 0 Å². The highest BCUT2D eigenvalue weighted by atomic mass is 35.5. The van der Waals surface area contributed by atoms with Gasteiger partial charge >= 0.3 is 0 Å². The molecule has 0 saturated carbocycles. The van der Waals surface area contributed by atoms with Gasteiger partial charge in [-0.05, 0) is 29.5 Å². The van der Waals surface area contributed by atoms with Crippen LogP contribution in [0.1, 0.15) is 37.8 Å². The number of benzene rings is 1. The summed E-state index contributed by atoms with van der Waals surface area (Å²) in [5, 5.41) is 9.13. The molecule has 0 radical (unpaired) electrons. The molecule has 0 spiro atoms. The maximum Gasteiger partial charge on any atom is 0.299 e. The van der Waals surface area contributed by atoms with Crippen molar-refractivity contribution in [1.29, 1.82) is 0 Å². The zero-order valence-electron chi connectivity index (χ0n) is 11.3. The average molecular weight is 297 g/mol. The van der Waals surface area contributed by atoms with E-state index in [1.807, 2.05) is 12.1 Å². The molecule has 0 aliphatic heterocycles. The van der Waals surface area contributed by atoms with Gasteiger partial charge in [0.25, 0.3) is 5.19 Å². The first-order valence-corrected chi connectivity index (χ1v) is 7.57. The van der Waals surface area contributed by atoms with Crippen LogP contribution in [0.2, 0.25) is 0 Å². The van der Waals surface area contributed by atoms with Gasteiger partial charge in [0.05, 0.1) is 5.88 Å². The van der Waals surface area contributed by atoms with Crippen LogP contribution in [0.25, 0.3) is 0 Å². The van der Waals surface area contributed by atoms with Crippen molar-refractivity contribution in [2.45, 2.75) is 38.5 Å². The molecular weight excluding hydrogens is 280 g/mol. The summed E-state index contributed by atoms with van der Waals surface area (Å²) in [6, 6.07) is 8.13. The summed E-state index contributed by atoms with van der Waals surface area (Å²) in [4.78, 5) is 0. The largest absolute Gasteiger partial charge is 0.430 e. The van der Waals surface area contributed by atoms with E-state index in [1.165, 1.54) is 16.9 Å². The van der Waals surface area contributed by atoms with E-state index in [9.17, 15) is 0 Å². The Balaban J connectivity index is 2.10. The Morgan fingerprint density at radius 2 is 1.89 bits per heavy atom. The molecule has 1 aromatic heterocycles. The molecule has 0 amide bonds. The van der Waals surface area contributed by atoms with Crippen molar-refractivity contribution in [3.63, 3.8) is 0 Å². The molecule has 1 aromatic carbocycles. The first-order valence-electron chi connectivity index (χ1n) is 6.22. The lowest BCUT2D eigenvalue weighted by molar-refractivity contribution is 0.470. The molecule has 0 fully saturated rings. The third-order valence-corrected chi connectivity index (χ3v) is 4.50. The molecule has 0 saturated heterocycles. The standard InChI is InChI=1S/C14H17ClN2OS/c1-4-14(2,3)10-5-7-11(8-6-10)18-13-17-16-12(9-15)19-13/h5-8H,4,9H2,1-3H3.